The van der Waals surface area contributed by atoms with Crippen LogP contribution in [0.2, 0.25) is 0 Å². The summed E-state index contributed by atoms with van der Waals surface area (Å²) in [5.74, 6) is -2.18. The Morgan fingerprint density at radius 2 is 2.31 bits per heavy atom. The summed E-state index contributed by atoms with van der Waals surface area (Å²) < 4.78 is 12.9. The predicted molar refractivity (Wildman–Crippen MR) is 42.2 cm³/mol. The van der Waals surface area contributed by atoms with E-state index in [0.29, 0.717) is 0 Å². The maximum absolute atomic E-state index is 12.9. The van der Waals surface area contributed by atoms with Gasteiger partial charge in [0.2, 0.25) is 0 Å². The van der Waals surface area contributed by atoms with E-state index in [1.54, 1.807) is 0 Å². The Morgan fingerprint density at radius 3 is 2.85 bits per heavy atom. The van der Waals surface area contributed by atoms with Crippen molar-refractivity contribution in [3.8, 4) is 0 Å². The zero-order chi connectivity index (χ0) is 9.84. The summed E-state index contributed by atoms with van der Waals surface area (Å²) in [7, 11) is 0. The summed E-state index contributed by atoms with van der Waals surface area (Å²) in [4.78, 5) is 12.8. The Labute approximate surface area is 72.1 Å². The van der Waals surface area contributed by atoms with E-state index in [1.807, 2.05) is 0 Å². The number of hydrogen-bond donors (Lipinski definition) is 1. The van der Waals surface area contributed by atoms with Gasteiger partial charge < -0.3 is 5.11 Å². The lowest BCUT2D eigenvalue weighted by Crippen LogP contribution is -1.97. The van der Waals surface area contributed by atoms with Crippen LogP contribution in [0.25, 0.3) is 10.4 Å². The zero-order valence-corrected chi connectivity index (χ0v) is 6.31. The number of benzene rings is 1. The van der Waals surface area contributed by atoms with Crippen molar-refractivity contribution in [1.29, 1.82) is 0 Å². The lowest BCUT2D eigenvalue weighted by Gasteiger charge is -1.99. The molecule has 1 aromatic carbocycles. The fraction of sp³-hybridized carbons (Fsp3) is 0. The lowest BCUT2D eigenvalue weighted by atomic mass is 10.2. The summed E-state index contributed by atoms with van der Waals surface area (Å²) in [6.07, 6.45) is 0. The summed E-state index contributed by atoms with van der Waals surface area (Å²) in [6, 6.07) is 3.42. The number of hydrogen-bond acceptors (Lipinski definition) is 2. The van der Waals surface area contributed by atoms with Gasteiger partial charge in [0.25, 0.3) is 0 Å². The van der Waals surface area contributed by atoms with Crippen molar-refractivity contribution in [2.24, 2.45) is 5.11 Å². The molecule has 0 unspecified atom stereocenters. The van der Waals surface area contributed by atoms with Crippen molar-refractivity contribution < 1.29 is 14.3 Å². The molecule has 0 aliphatic carbocycles. The number of carboxylic acid groups (broad SMARTS) is 1. The standard InChI is InChI=1S/C7H4FN3O2/c8-5-3-1-2-4(7(12)13)6(5)10-11-9/h1-3H,(H,12,13). The number of carboxylic acids is 1. The molecule has 0 saturated carbocycles. The minimum atomic E-state index is -1.33. The SMILES string of the molecule is [N-]=[N+]=Nc1c(F)cccc1C(=O)O. The smallest absolute Gasteiger partial charge is 0.336 e. The van der Waals surface area contributed by atoms with Crippen molar-refractivity contribution in [2.45, 2.75) is 0 Å². The van der Waals surface area contributed by atoms with Crippen LogP contribution in [0.5, 0.6) is 0 Å². The molecule has 5 nitrogen and oxygen atoms in total. The van der Waals surface area contributed by atoms with Crippen molar-refractivity contribution in [1.82, 2.24) is 0 Å². The highest BCUT2D eigenvalue weighted by atomic mass is 19.1. The molecule has 0 aliphatic heterocycles. The van der Waals surface area contributed by atoms with E-state index in [9.17, 15) is 9.18 Å². The van der Waals surface area contributed by atoms with Crippen LogP contribution < -0.4 is 0 Å². The third kappa shape index (κ3) is 1.74. The Bertz CT molecular complexity index is 399. The van der Waals surface area contributed by atoms with Gasteiger partial charge in [-0.15, -0.1) is 0 Å². The van der Waals surface area contributed by atoms with Crippen molar-refractivity contribution >= 4 is 11.7 Å². The van der Waals surface area contributed by atoms with E-state index in [1.165, 1.54) is 6.07 Å². The maximum Gasteiger partial charge on any atom is 0.336 e. The monoisotopic (exact) mass is 181 g/mol. The first-order valence-corrected chi connectivity index (χ1v) is 3.23. The number of aromatic carboxylic acids is 1. The van der Waals surface area contributed by atoms with Crippen LogP contribution in [0.4, 0.5) is 10.1 Å². The van der Waals surface area contributed by atoms with Gasteiger partial charge in [-0.2, -0.15) is 0 Å². The fourth-order valence-electron chi connectivity index (χ4n) is 0.834. The summed E-state index contributed by atoms with van der Waals surface area (Å²) in [5.41, 5.74) is 7.21. The van der Waals surface area contributed by atoms with Gasteiger partial charge in [-0.25, -0.2) is 9.18 Å². The molecule has 0 amide bonds. The normalized spacial score (nSPS) is 9.00. The number of carbonyl (C=O) groups is 1. The minimum Gasteiger partial charge on any atom is -0.478 e. The first-order valence-electron chi connectivity index (χ1n) is 3.23. The molecule has 0 spiro atoms. The van der Waals surface area contributed by atoms with Crippen LogP contribution in [-0.4, -0.2) is 11.1 Å². The predicted octanol–water partition coefficient (Wildman–Crippen LogP) is 2.47. The van der Waals surface area contributed by atoms with Gasteiger partial charge in [0.05, 0.1) is 11.3 Å². The average molecular weight is 181 g/mol. The van der Waals surface area contributed by atoms with E-state index in [0.717, 1.165) is 12.1 Å². The Hall–Kier alpha value is -2.07. The van der Waals surface area contributed by atoms with Crippen molar-refractivity contribution in [2.75, 3.05) is 0 Å². The molecule has 0 bridgehead atoms. The quantitative estimate of drug-likeness (QED) is 0.431. The molecule has 13 heavy (non-hydrogen) atoms. The molecule has 0 aromatic heterocycles. The van der Waals surface area contributed by atoms with Crippen LogP contribution in [0.15, 0.2) is 23.3 Å². The van der Waals surface area contributed by atoms with Crippen LogP contribution in [0, 0.1) is 5.82 Å². The average Bonchev–Trinajstić information content (AvgIpc) is 2.08. The number of rotatable bonds is 2. The van der Waals surface area contributed by atoms with Crippen LogP contribution in [0.1, 0.15) is 10.4 Å². The number of azide groups is 1. The highest BCUT2D eigenvalue weighted by Crippen LogP contribution is 2.22. The lowest BCUT2D eigenvalue weighted by molar-refractivity contribution is 0.0697. The third-order valence-corrected chi connectivity index (χ3v) is 1.36. The summed E-state index contributed by atoms with van der Waals surface area (Å²) >= 11 is 0. The second kappa shape index (κ2) is 3.55. The van der Waals surface area contributed by atoms with Gasteiger partial charge in [0.1, 0.15) is 5.82 Å². The number of halogens is 1. The van der Waals surface area contributed by atoms with E-state index in [-0.39, 0.29) is 5.56 Å². The van der Waals surface area contributed by atoms with Gasteiger partial charge in [-0.1, -0.05) is 11.2 Å². The van der Waals surface area contributed by atoms with Gasteiger partial charge >= 0.3 is 5.97 Å². The molecule has 0 atom stereocenters. The second-order valence-corrected chi connectivity index (χ2v) is 2.13. The van der Waals surface area contributed by atoms with Gasteiger partial charge in [0, 0.05) is 4.91 Å². The Balaban J connectivity index is 3.42. The largest absolute Gasteiger partial charge is 0.478 e. The molecular formula is C7H4FN3O2. The Morgan fingerprint density at radius 1 is 1.62 bits per heavy atom. The highest BCUT2D eigenvalue weighted by Gasteiger charge is 2.11. The Kier molecular flexibility index (Phi) is 2.47. The molecule has 0 heterocycles. The first kappa shape index (κ1) is 9.02. The minimum absolute atomic E-state index is 0.349. The van der Waals surface area contributed by atoms with Crippen LogP contribution in [0.3, 0.4) is 0 Å². The molecule has 0 saturated heterocycles. The van der Waals surface area contributed by atoms with E-state index < -0.39 is 17.5 Å². The number of nitrogens with zero attached hydrogens (tertiary/aromatic N) is 3. The van der Waals surface area contributed by atoms with E-state index >= 15 is 0 Å². The van der Waals surface area contributed by atoms with E-state index in [2.05, 4.69) is 10.0 Å². The van der Waals surface area contributed by atoms with Gasteiger partial charge in [-0.3, -0.25) is 0 Å². The fourth-order valence-corrected chi connectivity index (χ4v) is 0.834. The summed E-state index contributed by atoms with van der Waals surface area (Å²) in [6.45, 7) is 0. The van der Waals surface area contributed by atoms with Crippen molar-refractivity contribution in [3.63, 3.8) is 0 Å². The molecule has 6 heteroatoms. The van der Waals surface area contributed by atoms with E-state index in [4.69, 9.17) is 10.6 Å². The zero-order valence-electron chi connectivity index (χ0n) is 6.31. The molecule has 0 radical (unpaired) electrons. The maximum atomic E-state index is 12.9. The molecule has 66 valence electrons. The third-order valence-electron chi connectivity index (χ3n) is 1.36. The molecule has 1 aromatic rings. The molecule has 0 fully saturated rings. The molecule has 1 N–H and O–H groups in total. The van der Waals surface area contributed by atoms with Crippen molar-refractivity contribution in [3.05, 3.63) is 40.0 Å². The van der Waals surface area contributed by atoms with Crippen LogP contribution in [-0.2, 0) is 0 Å². The van der Waals surface area contributed by atoms with Gasteiger partial charge in [0.15, 0.2) is 0 Å². The topological polar surface area (TPSA) is 86.1 Å². The van der Waals surface area contributed by atoms with Gasteiger partial charge in [-0.05, 0) is 17.7 Å². The highest BCUT2D eigenvalue weighted by molar-refractivity contribution is 5.93. The second-order valence-electron chi connectivity index (χ2n) is 2.13. The molecule has 0 aliphatic rings. The molecular weight excluding hydrogens is 177 g/mol. The summed E-state index contributed by atoms with van der Waals surface area (Å²) in [5, 5.41) is 11.5. The molecule has 1 rings (SSSR count). The van der Waals surface area contributed by atoms with Crippen LogP contribution >= 0.6 is 0 Å². The first-order chi connectivity index (χ1) is 6.16.